The van der Waals surface area contributed by atoms with E-state index in [0.29, 0.717) is 15.8 Å². The van der Waals surface area contributed by atoms with Gasteiger partial charge in [-0.1, -0.05) is 23.2 Å². The predicted molar refractivity (Wildman–Crippen MR) is 65.2 cm³/mol. The second-order valence-electron chi connectivity index (χ2n) is 3.21. The molecule has 0 saturated heterocycles. The number of rotatable bonds is 4. The lowest BCUT2D eigenvalue weighted by Gasteiger charge is -2.14. The molecule has 0 saturated carbocycles. The SMILES string of the molecule is C[C@H](Oc1ccc(Cl)cc1Cl)C(=O)NCC#N. The summed E-state index contributed by atoms with van der Waals surface area (Å²) in [6.45, 7) is 1.51. The van der Waals surface area contributed by atoms with Gasteiger partial charge in [0.15, 0.2) is 6.10 Å². The highest BCUT2D eigenvalue weighted by Crippen LogP contribution is 2.28. The van der Waals surface area contributed by atoms with Crippen LogP contribution < -0.4 is 10.1 Å². The summed E-state index contributed by atoms with van der Waals surface area (Å²) in [5.41, 5.74) is 0. The van der Waals surface area contributed by atoms with Crippen LogP contribution in [-0.4, -0.2) is 18.6 Å². The maximum atomic E-state index is 11.4. The Bertz CT molecular complexity index is 457. The van der Waals surface area contributed by atoms with Gasteiger partial charge >= 0.3 is 0 Å². The minimum absolute atomic E-state index is 0.0547. The number of carbonyl (C=O) groups is 1. The fourth-order valence-corrected chi connectivity index (χ4v) is 1.54. The van der Waals surface area contributed by atoms with Gasteiger partial charge in [0.05, 0.1) is 11.1 Å². The number of benzene rings is 1. The third-order valence-corrected chi connectivity index (χ3v) is 2.44. The van der Waals surface area contributed by atoms with Crippen molar-refractivity contribution < 1.29 is 9.53 Å². The van der Waals surface area contributed by atoms with E-state index in [4.69, 9.17) is 33.2 Å². The second-order valence-corrected chi connectivity index (χ2v) is 4.05. The molecule has 0 bridgehead atoms. The lowest BCUT2D eigenvalue weighted by molar-refractivity contribution is -0.126. The summed E-state index contributed by atoms with van der Waals surface area (Å²) in [5, 5.41) is 11.5. The van der Waals surface area contributed by atoms with Gasteiger partial charge in [-0.15, -0.1) is 0 Å². The van der Waals surface area contributed by atoms with Crippen LogP contribution in [0.1, 0.15) is 6.92 Å². The molecule has 6 heteroatoms. The zero-order valence-corrected chi connectivity index (χ0v) is 10.5. The molecule has 0 fully saturated rings. The van der Waals surface area contributed by atoms with Crippen LogP contribution in [0.3, 0.4) is 0 Å². The van der Waals surface area contributed by atoms with Gasteiger partial charge in [0.2, 0.25) is 0 Å². The number of nitriles is 1. The molecule has 1 N–H and O–H groups in total. The van der Waals surface area contributed by atoms with E-state index in [1.807, 2.05) is 0 Å². The normalized spacial score (nSPS) is 11.4. The Kier molecular flexibility index (Phi) is 5.08. The Morgan fingerprint density at radius 2 is 2.29 bits per heavy atom. The summed E-state index contributed by atoms with van der Waals surface area (Å²) in [7, 11) is 0. The Morgan fingerprint density at radius 1 is 1.59 bits per heavy atom. The maximum Gasteiger partial charge on any atom is 0.261 e. The van der Waals surface area contributed by atoms with Gasteiger partial charge < -0.3 is 10.1 Å². The molecule has 0 aromatic heterocycles. The van der Waals surface area contributed by atoms with Gasteiger partial charge in [0, 0.05) is 5.02 Å². The highest BCUT2D eigenvalue weighted by molar-refractivity contribution is 6.35. The molecule has 1 aromatic rings. The van der Waals surface area contributed by atoms with Gasteiger partial charge in [-0.2, -0.15) is 5.26 Å². The van der Waals surface area contributed by atoms with Crippen molar-refractivity contribution in [2.45, 2.75) is 13.0 Å². The fraction of sp³-hybridized carbons (Fsp3) is 0.273. The number of halogens is 2. The molecule has 0 aliphatic heterocycles. The van der Waals surface area contributed by atoms with Crippen molar-refractivity contribution >= 4 is 29.1 Å². The molecule has 0 aliphatic carbocycles. The number of hydrogen-bond acceptors (Lipinski definition) is 3. The molecule has 0 heterocycles. The molecule has 90 valence electrons. The maximum absolute atomic E-state index is 11.4. The molecule has 4 nitrogen and oxygen atoms in total. The Labute approximate surface area is 109 Å². The van der Waals surface area contributed by atoms with Crippen molar-refractivity contribution in [3.8, 4) is 11.8 Å². The summed E-state index contributed by atoms with van der Waals surface area (Å²) in [6, 6.07) is 6.53. The lowest BCUT2D eigenvalue weighted by Crippen LogP contribution is -2.36. The topological polar surface area (TPSA) is 62.1 Å². The van der Waals surface area contributed by atoms with Gasteiger partial charge in [-0.3, -0.25) is 4.79 Å². The minimum Gasteiger partial charge on any atom is -0.479 e. The van der Waals surface area contributed by atoms with Crippen LogP contribution >= 0.6 is 23.2 Å². The average molecular weight is 273 g/mol. The molecule has 0 radical (unpaired) electrons. The summed E-state index contributed by atoms with van der Waals surface area (Å²) in [5.74, 6) is -0.00626. The van der Waals surface area contributed by atoms with Crippen LogP contribution in [0.25, 0.3) is 0 Å². The Morgan fingerprint density at radius 3 is 2.88 bits per heavy atom. The number of hydrogen-bond donors (Lipinski definition) is 1. The molecule has 0 unspecified atom stereocenters. The van der Waals surface area contributed by atoms with Crippen molar-refractivity contribution in [1.29, 1.82) is 5.26 Å². The molecule has 1 aromatic carbocycles. The molecule has 1 atom stereocenters. The van der Waals surface area contributed by atoms with Crippen molar-refractivity contribution in [1.82, 2.24) is 5.32 Å². The molecule has 0 spiro atoms. The van der Waals surface area contributed by atoms with Gasteiger partial charge in [-0.25, -0.2) is 0 Å². The van der Waals surface area contributed by atoms with E-state index in [9.17, 15) is 4.79 Å². The first-order valence-electron chi connectivity index (χ1n) is 4.81. The van der Waals surface area contributed by atoms with Crippen LogP contribution in [-0.2, 0) is 4.79 Å². The summed E-state index contributed by atoms with van der Waals surface area (Å²) in [6.07, 6.45) is -0.734. The first-order chi connectivity index (χ1) is 8.04. The van der Waals surface area contributed by atoms with E-state index in [1.165, 1.54) is 6.07 Å². The van der Waals surface area contributed by atoms with Gasteiger partial charge in [0.1, 0.15) is 12.3 Å². The number of carbonyl (C=O) groups excluding carboxylic acids is 1. The van der Waals surface area contributed by atoms with E-state index in [2.05, 4.69) is 5.32 Å². The highest BCUT2D eigenvalue weighted by Gasteiger charge is 2.15. The first kappa shape index (κ1) is 13.6. The largest absolute Gasteiger partial charge is 0.479 e. The van der Waals surface area contributed by atoms with Crippen molar-refractivity contribution in [3.05, 3.63) is 28.2 Å². The molecule has 1 rings (SSSR count). The van der Waals surface area contributed by atoms with E-state index in [0.717, 1.165) is 0 Å². The van der Waals surface area contributed by atoms with Crippen molar-refractivity contribution in [3.63, 3.8) is 0 Å². The van der Waals surface area contributed by atoms with Gasteiger partial charge in [0.25, 0.3) is 5.91 Å². The number of amides is 1. The van der Waals surface area contributed by atoms with Crippen LogP contribution in [0.2, 0.25) is 10.0 Å². The highest BCUT2D eigenvalue weighted by atomic mass is 35.5. The molecular formula is C11H10Cl2N2O2. The van der Waals surface area contributed by atoms with Crippen molar-refractivity contribution in [2.24, 2.45) is 0 Å². The van der Waals surface area contributed by atoms with Crippen LogP contribution in [0.4, 0.5) is 0 Å². The van der Waals surface area contributed by atoms with E-state index < -0.39 is 6.10 Å². The van der Waals surface area contributed by atoms with E-state index in [-0.39, 0.29) is 12.5 Å². The zero-order chi connectivity index (χ0) is 12.8. The molecule has 1 amide bonds. The number of ether oxygens (including phenoxy) is 1. The monoisotopic (exact) mass is 272 g/mol. The lowest BCUT2D eigenvalue weighted by atomic mass is 10.3. The third-order valence-electron chi connectivity index (χ3n) is 1.91. The standard InChI is InChI=1S/C11H10Cl2N2O2/c1-7(11(16)15-5-4-14)17-10-3-2-8(12)6-9(10)13/h2-3,6-7H,5H2,1H3,(H,15,16)/t7-/m0/s1. The van der Waals surface area contributed by atoms with Crippen LogP contribution in [0.15, 0.2) is 18.2 Å². The third kappa shape index (κ3) is 4.14. The van der Waals surface area contributed by atoms with E-state index >= 15 is 0 Å². The smallest absolute Gasteiger partial charge is 0.261 e. The molecule has 0 aliphatic rings. The van der Waals surface area contributed by atoms with Crippen LogP contribution in [0.5, 0.6) is 5.75 Å². The molecule has 17 heavy (non-hydrogen) atoms. The minimum atomic E-state index is -0.734. The first-order valence-corrected chi connectivity index (χ1v) is 5.56. The summed E-state index contributed by atoms with van der Waals surface area (Å²) in [4.78, 5) is 11.4. The zero-order valence-electron chi connectivity index (χ0n) is 9.04. The van der Waals surface area contributed by atoms with Crippen LogP contribution in [0, 0.1) is 11.3 Å². The Balaban J connectivity index is 2.65. The number of nitrogens with one attached hydrogen (secondary N) is 1. The summed E-state index contributed by atoms with van der Waals surface area (Å²) >= 11 is 11.6. The van der Waals surface area contributed by atoms with Gasteiger partial charge in [-0.05, 0) is 25.1 Å². The van der Waals surface area contributed by atoms with E-state index in [1.54, 1.807) is 25.1 Å². The fourth-order valence-electron chi connectivity index (χ4n) is 1.09. The van der Waals surface area contributed by atoms with Crippen molar-refractivity contribution in [2.75, 3.05) is 6.54 Å². The Hall–Kier alpha value is -1.44. The predicted octanol–water partition coefficient (Wildman–Crippen LogP) is 2.40. The molecular weight excluding hydrogens is 263 g/mol. The second kappa shape index (κ2) is 6.33. The average Bonchev–Trinajstić information content (AvgIpc) is 2.29. The summed E-state index contributed by atoms with van der Waals surface area (Å²) < 4.78 is 5.35. The number of nitrogens with zero attached hydrogens (tertiary/aromatic N) is 1. The quantitative estimate of drug-likeness (QED) is 0.857.